The van der Waals surface area contributed by atoms with E-state index in [-0.39, 0.29) is 58.6 Å². The summed E-state index contributed by atoms with van der Waals surface area (Å²) in [4.78, 5) is 15.0. The molecule has 12 heteroatoms. The second-order valence-corrected chi connectivity index (χ2v) is 16.0. The molecule has 9 nitrogen and oxygen atoms in total. The number of fused-ring (bicyclic) bond motifs is 8. The van der Waals surface area contributed by atoms with Gasteiger partial charge in [-0.2, -0.15) is 10.4 Å². The predicted octanol–water partition coefficient (Wildman–Crippen LogP) is 8.23. The average Bonchev–Trinajstić information content (AvgIpc) is 3.73. The van der Waals surface area contributed by atoms with Crippen molar-refractivity contribution >= 4 is 26.7 Å². The van der Waals surface area contributed by atoms with Gasteiger partial charge in [-0.05, 0) is 73.4 Å². The van der Waals surface area contributed by atoms with E-state index in [1.165, 1.54) is 24.3 Å². The number of aryl methyl sites for hydroxylation is 2. The Bertz CT molecular complexity index is 2240. The van der Waals surface area contributed by atoms with Gasteiger partial charge >= 0.3 is 5.97 Å². The van der Waals surface area contributed by atoms with Gasteiger partial charge in [-0.1, -0.05) is 44.5 Å². The first-order valence-corrected chi connectivity index (χ1v) is 18.9. The van der Waals surface area contributed by atoms with Crippen molar-refractivity contribution in [1.82, 2.24) is 14.8 Å². The number of rotatable bonds is 5. The first-order valence-electron chi connectivity index (χ1n) is 17.1. The van der Waals surface area contributed by atoms with Crippen molar-refractivity contribution in [3.05, 3.63) is 101 Å². The van der Waals surface area contributed by atoms with Gasteiger partial charge in [-0.15, -0.1) is 0 Å². The maximum Gasteiger partial charge on any atom is 0.306 e. The number of nitrogens with one attached hydrogen (secondary N) is 1. The normalized spacial score (nSPS) is 17.4. The Hall–Kier alpha value is -5.02. The number of aromatic nitrogens is 3. The van der Waals surface area contributed by atoms with E-state index in [0.29, 0.717) is 48.8 Å². The topological polar surface area (TPSA) is 127 Å². The van der Waals surface area contributed by atoms with Crippen LogP contribution in [0.4, 0.5) is 8.78 Å². The number of nitrogens with zero attached hydrogens (tertiary/aromatic N) is 3. The molecule has 266 valence electrons. The van der Waals surface area contributed by atoms with Crippen LogP contribution in [-0.2, 0) is 32.2 Å². The van der Waals surface area contributed by atoms with Crippen LogP contribution < -0.4 is 4.74 Å². The Morgan fingerprint density at radius 3 is 2.76 bits per heavy atom. The largest absolute Gasteiger partial charge is 0.466 e. The highest BCUT2D eigenvalue weighted by Crippen LogP contribution is 2.39. The van der Waals surface area contributed by atoms with Crippen molar-refractivity contribution in [2.75, 3.05) is 18.1 Å². The number of H-pyrrole nitrogens is 1. The number of aromatic amines is 1. The Balaban J connectivity index is 1.46. The van der Waals surface area contributed by atoms with Crippen LogP contribution in [0.5, 0.6) is 11.5 Å². The van der Waals surface area contributed by atoms with E-state index in [4.69, 9.17) is 14.6 Å². The lowest BCUT2D eigenvalue weighted by molar-refractivity contribution is -0.143. The van der Waals surface area contributed by atoms with Crippen molar-refractivity contribution in [2.45, 2.75) is 65.3 Å². The second-order valence-electron chi connectivity index (χ2n) is 13.8. The molecule has 0 saturated heterocycles. The maximum absolute atomic E-state index is 15.7. The Kier molecular flexibility index (Phi) is 10.3. The minimum absolute atomic E-state index is 0.000699. The van der Waals surface area contributed by atoms with Crippen molar-refractivity contribution in [3.8, 4) is 28.8 Å². The van der Waals surface area contributed by atoms with Gasteiger partial charge in [-0.3, -0.25) is 9.48 Å². The number of ether oxygens (including phenoxy) is 2. The van der Waals surface area contributed by atoms with Crippen LogP contribution in [0, 0.1) is 28.4 Å². The summed E-state index contributed by atoms with van der Waals surface area (Å²) in [6.07, 6.45) is 5.65. The van der Waals surface area contributed by atoms with E-state index in [9.17, 15) is 18.5 Å². The summed E-state index contributed by atoms with van der Waals surface area (Å²) >= 11 is 0. The summed E-state index contributed by atoms with van der Waals surface area (Å²) in [6, 6.07) is 16.4. The lowest BCUT2D eigenvalue weighted by atomic mass is 9.87. The molecule has 51 heavy (non-hydrogen) atoms. The number of nitriles is 1. The lowest BCUT2D eigenvalue weighted by Gasteiger charge is -2.26. The molecule has 0 radical (unpaired) electrons. The number of halogens is 2. The van der Waals surface area contributed by atoms with Crippen molar-refractivity contribution < 1.29 is 31.5 Å². The minimum atomic E-state index is -3.60. The third-order valence-electron chi connectivity index (χ3n) is 9.31. The van der Waals surface area contributed by atoms with Gasteiger partial charge < -0.3 is 14.5 Å². The Morgan fingerprint density at radius 2 is 1.98 bits per heavy atom. The van der Waals surface area contributed by atoms with Gasteiger partial charge in [0.05, 0.1) is 29.7 Å². The van der Waals surface area contributed by atoms with Gasteiger partial charge in [0, 0.05) is 46.9 Å². The third kappa shape index (κ3) is 8.15. The second kappa shape index (κ2) is 14.7. The van der Waals surface area contributed by atoms with E-state index >= 15 is 8.78 Å². The zero-order valence-electron chi connectivity index (χ0n) is 28.8. The van der Waals surface area contributed by atoms with Gasteiger partial charge in [-0.25, -0.2) is 17.2 Å². The molecule has 1 unspecified atom stereocenters. The molecule has 1 N–H and O–H groups in total. The van der Waals surface area contributed by atoms with Gasteiger partial charge in [0.1, 0.15) is 23.3 Å². The summed E-state index contributed by atoms with van der Waals surface area (Å²) in [5.41, 5.74) is 2.33. The van der Waals surface area contributed by atoms with Crippen LogP contribution in [-0.4, -0.2) is 47.3 Å². The molecular weight excluding hydrogens is 675 g/mol. The number of sulfone groups is 1. The monoisotopic (exact) mass is 714 g/mol. The highest BCUT2D eigenvalue weighted by Gasteiger charge is 2.29. The van der Waals surface area contributed by atoms with Crippen molar-refractivity contribution in [2.24, 2.45) is 5.41 Å². The van der Waals surface area contributed by atoms with Gasteiger partial charge in [0.25, 0.3) is 0 Å². The van der Waals surface area contributed by atoms with Crippen molar-refractivity contribution in [1.29, 1.82) is 5.26 Å². The van der Waals surface area contributed by atoms with Crippen LogP contribution >= 0.6 is 0 Å². The minimum Gasteiger partial charge on any atom is -0.466 e. The standard InChI is InChI=1S/C39H40F2N4O5S/c1-4-49-36(46)13-10-25-7-5-8-26(19-25)35-9-6-16-39(2,3)24-51(47,48)18-15-30-29-14-17-43-34(29)21-33(41)38(30)50-28-11-12-32(40)31(20-28)37-27(22-42)23-45(35)44-37/h5,7-8,11-12,14,17,19-21,23,35,43H,4,6,9-10,13,15-16,18,24H2,1-3H3. The van der Waals surface area contributed by atoms with Crippen LogP contribution in [0.15, 0.2) is 67.0 Å². The summed E-state index contributed by atoms with van der Waals surface area (Å²) in [7, 11) is -3.60. The number of esters is 1. The molecule has 0 amide bonds. The van der Waals surface area contributed by atoms with E-state index in [1.54, 1.807) is 30.1 Å². The van der Waals surface area contributed by atoms with E-state index in [2.05, 4.69) is 11.1 Å². The summed E-state index contributed by atoms with van der Waals surface area (Å²) in [5.74, 6) is -1.98. The molecule has 1 aliphatic heterocycles. The zero-order valence-corrected chi connectivity index (χ0v) is 29.7. The SMILES string of the molecule is CCOC(=O)CCc1cccc(C2CCCC(C)(C)CS(=O)(=O)CCc3c(c(F)cc4[nH]ccc34)Oc3ccc(F)c(c3)-c3nn2cc3C#N)c1. The molecule has 0 aliphatic carbocycles. The molecule has 3 aromatic carbocycles. The lowest BCUT2D eigenvalue weighted by Crippen LogP contribution is -2.27. The average molecular weight is 715 g/mol. The van der Waals surface area contributed by atoms with Crippen molar-refractivity contribution in [3.63, 3.8) is 0 Å². The maximum atomic E-state index is 15.7. The molecule has 0 fully saturated rings. The highest BCUT2D eigenvalue weighted by atomic mass is 32.2. The fourth-order valence-electron chi connectivity index (χ4n) is 6.94. The number of hydrogen-bond donors (Lipinski definition) is 1. The molecule has 2 aromatic heterocycles. The molecule has 0 spiro atoms. The summed E-state index contributed by atoms with van der Waals surface area (Å²) in [6.45, 7) is 5.91. The van der Waals surface area contributed by atoms with E-state index in [1.807, 2.05) is 38.1 Å². The van der Waals surface area contributed by atoms with Crippen LogP contribution in [0.2, 0.25) is 0 Å². The molecule has 1 atom stereocenters. The van der Waals surface area contributed by atoms with E-state index in [0.717, 1.165) is 11.1 Å². The quantitative estimate of drug-likeness (QED) is 0.182. The smallest absolute Gasteiger partial charge is 0.306 e. The first-order chi connectivity index (χ1) is 24.4. The summed E-state index contributed by atoms with van der Waals surface area (Å²) < 4.78 is 71.3. The molecule has 5 aromatic rings. The number of carbonyl (C=O) groups excluding carboxylic acids is 1. The molecule has 1 aliphatic rings. The molecule has 4 bridgehead atoms. The molecular formula is C39H40F2N4O5S. The highest BCUT2D eigenvalue weighted by molar-refractivity contribution is 7.91. The predicted molar refractivity (Wildman–Crippen MR) is 190 cm³/mol. The van der Waals surface area contributed by atoms with Gasteiger partial charge in [0.2, 0.25) is 0 Å². The van der Waals surface area contributed by atoms with E-state index < -0.39 is 32.9 Å². The third-order valence-corrected chi connectivity index (χ3v) is 11.4. The van der Waals surface area contributed by atoms with Crippen LogP contribution in [0.25, 0.3) is 22.2 Å². The first kappa shape index (κ1) is 35.8. The molecule has 6 rings (SSSR count). The zero-order chi connectivity index (χ0) is 36.3. The molecule has 0 saturated carbocycles. The fourth-order valence-corrected chi connectivity index (χ4v) is 8.93. The summed E-state index contributed by atoms with van der Waals surface area (Å²) in [5, 5.41) is 15.6. The Labute approximate surface area is 296 Å². The van der Waals surface area contributed by atoms with Gasteiger partial charge in [0.15, 0.2) is 21.4 Å². The number of carbonyl (C=O) groups is 1. The molecule has 3 heterocycles. The number of benzene rings is 3. The fraction of sp³-hybridized carbons (Fsp3) is 0.359. The van der Waals surface area contributed by atoms with Crippen LogP contribution in [0.1, 0.15) is 74.8 Å². The van der Waals surface area contributed by atoms with Crippen LogP contribution in [0.3, 0.4) is 0 Å². The Morgan fingerprint density at radius 1 is 1.16 bits per heavy atom. The number of hydrogen-bond acceptors (Lipinski definition) is 7.